The highest BCUT2D eigenvalue weighted by atomic mass is 19.1. The standard InChI is InChI=1S/C25H27FN4O2/c26-25(12-6-13-25)24(32)29-15-10-18(11-16-29)22-28-20(21-9-4-5-14-30(21)22)17-27-23(31)19-7-2-1-3-8-19/h1-5,7-9,14,18H,6,10-13,15-17H2,(H,27,31). The molecule has 7 heteroatoms. The molecule has 0 unspecified atom stereocenters. The maximum atomic E-state index is 14.5. The third-order valence-electron chi connectivity index (χ3n) is 6.78. The molecule has 2 fully saturated rings. The van der Waals surface area contributed by atoms with E-state index in [1.807, 2.05) is 42.6 Å². The summed E-state index contributed by atoms with van der Waals surface area (Å²) in [5.74, 6) is 0.659. The number of imidazole rings is 1. The summed E-state index contributed by atoms with van der Waals surface area (Å²) in [6.07, 6.45) is 5.01. The van der Waals surface area contributed by atoms with Crippen LogP contribution >= 0.6 is 0 Å². The lowest BCUT2D eigenvalue weighted by Crippen LogP contribution is -2.52. The van der Waals surface area contributed by atoms with Gasteiger partial charge in [-0.3, -0.25) is 9.59 Å². The van der Waals surface area contributed by atoms with Crippen molar-refractivity contribution in [3.63, 3.8) is 0 Å². The number of likely N-dealkylation sites (tertiary alicyclic amines) is 1. The number of hydrogen-bond donors (Lipinski definition) is 1. The smallest absolute Gasteiger partial charge is 0.260 e. The maximum absolute atomic E-state index is 14.5. The molecule has 6 nitrogen and oxygen atoms in total. The van der Waals surface area contributed by atoms with E-state index in [0.29, 0.717) is 38.0 Å². The number of nitrogens with zero attached hydrogens (tertiary/aromatic N) is 3. The Hall–Kier alpha value is -3.22. The van der Waals surface area contributed by atoms with Gasteiger partial charge < -0.3 is 14.6 Å². The number of rotatable bonds is 5. The highest BCUT2D eigenvalue weighted by molar-refractivity contribution is 5.94. The molecule has 1 aliphatic carbocycles. The minimum absolute atomic E-state index is 0.132. The molecule has 166 valence electrons. The number of hydrogen-bond acceptors (Lipinski definition) is 3. The molecule has 5 rings (SSSR count). The third-order valence-corrected chi connectivity index (χ3v) is 6.78. The second-order valence-corrected chi connectivity index (χ2v) is 8.81. The fourth-order valence-corrected chi connectivity index (χ4v) is 4.73. The molecule has 2 aliphatic rings. The number of carbonyl (C=O) groups excluding carboxylic acids is 2. The van der Waals surface area contributed by atoms with Gasteiger partial charge in [0.15, 0.2) is 5.67 Å². The van der Waals surface area contributed by atoms with Gasteiger partial charge >= 0.3 is 0 Å². The third kappa shape index (κ3) is 3.76. The van der Waals surface area contributed by atoms with E-state index in [2.05, 4.69) is 9.72 Å². The molecule has 0 spiro atoms. The van der Waals surface area contributed by atoms with E-state index >= 15 is 0 Å². The van der Waals surface area contributed by atoms with Crippen molar-refractivity contribution in [1.29, 1.82) is 0 Å². The number of amides is 2. The molecule has 1 aliphatic heterocycles. The first kappa shape index (κ1) is 20.7. The Kier molecular flexibility index (Phi) is 5.41. The number of halogens is 1. The first-order valence-corrected chi connectivity index (χ1v) is 11.3. The van der Waals surface area contributed by atoms with Crippen molar-refractivity contribution in [2.24, 2.45) is 0 Å². The first-order chi connectivity index (χ1) is 15.5. The molecule has 1 N–H and O–H groups in total. The fourth-order valence-electron chi connectivity index (χ4n) is 4.73. The normalized spacial score (nSPS) is 18.3. The van der Waals surface area contributed by atoms with Crippen LogP contribution in [0.25, 0.3) is 5.52 Å². The van der Waals surface area contributed by atoms with Gasteiger partial charge in [0.1, 0.15) is 5.82 Å². The van der Waals surface area contributed by atoms with Gasteiger partial charge in [-0.2, -0.15) is 0 Å². The van der Waals surface area contributed by atoms with E-state index in [1.54, 1.807) is 17.0 Å². The number of aromatic nitrogens is 2. The number of fused-ring (bicyclic) bond motifs is 1. The molecule has 0 atom stereocenters. The molecule has 0 radical (unpaired) electrons. The van der Waals surface area contributed by atoms with Crippen LogP contribution in [-0.2, 0) is 11.3 Å². The molecule has 0 bridgehead atoms. The van der Waals surface area contributed by atoms with Gasteiger partial charge in [0.05, 0.1) is 17.8 Å². The summed E-state index contributed by atoms with van der Waals surface area (Å²) in [5.41, 5.74) is 0.772. The number of piperidine rings is 1. The van der Waals surface area contributed by atoms with Crippen LogP contribution in [0, 0.1) is 0 Å². The van der Waals surface area contributed by atoms with E-state index in [-0.39, 0.29) is 17.7 Å². The van der Waals surface area contributed by atoms with Crippen LogP contribution in [0.15, 0.2) is 54.7 Å². The van der Waals surface area contributed by atoms with Crippen molar-refractivity contribution in [3.8, 4) is 0 Å². The van der Waals surface area contributed by atoms with Crippen LogP contribution < -0.4 is 5.32 Å². The highest BCUT2D eigenvalue weighted by Crippen LogP contribution is 2.39. The number of carbonyl (C=O) groups is 2. The molecule has 2 aromatic heterocycles. The zero-order valence-electron chi connectivity index (χ0n) is 18.0. The van der Waals surface area contributed by atoms with Gasteiger partial charge in [0, 0.05) is 30.8 Å². The molecule has 2 amide bonds. The summed E-state index contributed by atoms with van der Waals surface area (Å²) in [4.78, 5) is 31.6. The fraction of sp³-hybridized carbons (Fsp3) is 0.400. The van der Waals surface area contributed by atoms with Crippen molar-refractivity contribution in [3.05, 3.63) is 71.8 Å². The Balaban J connectivity index is 1.30. The minimum Gasteiger partial charge on any atom is -0.346 e. The van der Waals surface area contributed by atoms with Gasteiger partial charge in [-0.15, -0.1) is 0 Å². The van der Waals surface area contributed by atoms with Crippen LogP contribution in [0.5, 0.6) is 0 Å². The largest absolute Gasteiger partial charge is 0.346 e. The molecule has 3 aromatic rings. The highest BCUT2D eigenvalue weighted by Gasteiger charge is 2.47. The maximum Gasteiger partial charge on any atom is 0.260 e. The average Bonchev–Trinajstić information content (AvgIpc) is 3.20. The van der Waals surface area contributed by atoms with Crippen LogP contribution in [0.4, 0.5) is 4.39 Å². The summed E-state index contributed by atoms with van der Waals surface area (Å²) >= 11 is 0. The summed E-state index contributed by atoms with van der Waals surface area (Å²) in [6, 6.07) is 15.1. The zero-order chi connectivity index (χ0) is 22.1. The molecule has 1 aromatic carbocycles. The van der Waals surface area contributed by atoms with Crippen molar-refractivity contribution < 1.29 is 14.0 Å². The Morgan fingerprint density at radius 3 is 2.47 bits per heavy atom. The van der Waals surface area contributed by atoms with E-state index in [1.165, 1.54) is 0 Å². The number of benzene rings is 1. The van der Waals surface area contributed by atoms with Crippen molar-refractivity contribution in [2.75, 3.05) is 13.1 Å². The quantitative estimate of drug-likeness (QED) is 0.663. The van der Waals surface area contributed by atoms with Gasteiger partial charge in [-0.1, -0.05) is 24.3 Å². The predicted molar refractivity (Wildman–Crippen MR) is 119 cm³/mol. The van der Waals surface area contributed by atoms with Gasteiger partial charge in [0.25, 0.3) is 11.8 Å². The molecular formula is C25H27FN4O2. The number of nitrogens with one attached hydrogen (secondary N) is 1. The van der Waals surface area contributed by atoms with Gasteiger partial charge in [-0.25, -0.2) is 9.37 Å². The second kappa shape index (κ2) is 8.37. The van der Waals surface area contributed by atoms with Crippen molar-refractivity contribution in [2.45, 2.75) is 50.2 Å². The molecule has 3 heterocycles. The van der Waals surface area contributed by atoms with Gasteiger partial charge in [-0.05, 0) is 56.4 Å². The van der Waals surface area contributed by atoms with E-state index < -0.39 is 5.67 Å². The average molecular weight is 435 g/mol. The summed E-state index contributed by atoms with van der Waals surface area (Å²) in [5, 5.41) is 2.97. The Morgan fingerprint density at radius 1 is 1.06 bits per heavy atom. The Morgan fingerprint density at radius 2 is 1.78 bits per heavy atom. The monoisotopic (exact) mass is 434 g/mol. The van der Waals surface area contributed by atoms with Crippen LogP contribution in [0.3, 0.4) is 0 Å². The lowest BCUT2D eigenvalue weighted by atomic mass is 9.80. The van der Waals surface area contributed by atoms with Crippen LogP contribution in [0.2, 0.25) is 0 Å². The van der Waals surface area contributed by atoms with Gasteiger partial charge in [0.2, 0.25) is 0 Å². The van der Waals surface area contributed by atoms with Crippen molar-refractivity contribution >= 4 is 17.3 Å². The lowest BCUT2D eigenvalue weighted by molar-refractivity contribution is -0.151. The predicted octanol–water partition coefficient (Wildman–Crippen LogP) is 3.86. The molecule has 32 heavy (non-hydrogen) atoms. The van der Waals surface area contributed by atoms with Crippen LogP contribution in [-0.4, -0.2) is 44.9 Å². The lowest BCUT2D eigenvalue weighted by Gasteiger charge is -2.39. The SMILES string of the molecule is O=C(NCc1nc(C2CCN(C(=O)C3(F)CCC3)CC2)n2ccccc12)c1ccccc1. The molecule has 1 saturated carbocycles. The van der Waals surface area contributed by atoms with Crippen molar-refractivity contribution in [1.82, 2.24) is 19.6 Å². The second-order valence-electron chi connectivity index (χ2n) is 8.81. The summed E-state index contributed by atoms with van der Waals surface area (Å²) < 4.78 is 16.6. The van der Waals surface area contributed by atoms with E-state index in [0.717, 1.165) is 36.3 Å². The number of alkyl halides is 1. The van der Waals surface area contributed by atoms with E-state index in [9.17, 15) is 14.0 Å². The zero-order valence-corrected chi connectivity index (χ0v) is 18.0. The topological polar surface area (TPSA) is 66.7 Å². The first-order valence-electron chi connectivity index (χ1n) is 11.3. The number of pyridine rings is 1. The molecular weight excluding hydrogens is 407 g/mol. The Labute approximate surface area is 186 Å². The van der Waals surface area contributed by atoms with E-state index in [4.69, 9.17) is 4.98 Å². The molecule has 1 saturated heterocycles. The summed E-state index contributed by atoms with van der Waals surface area (Å²) in [6.45, 7) is 1.44. The van der Waals surface area contributed by atoms with Crippen LogP contribution in [0.1, 0.15) is 59.9 Å². The summed E-state index contributed by atoms with van der Waals surface area (Å²) in [7, 11) is 0. The Bertz CT molecular complexity index is 1130. The minimum atomic E-state index is -1.63.